The number of allylic oxidation sites excluding steroid dienone is 2. The largest absolute Gasteiger partial charge is 0.0648 e. The number of rotatable bonds is 2. The molecule has 0 nitrogen and oxygen atoms in total. The Morgan fingerprint density at radius 1 is 0.714 bits per heavy atom. The standard InChI is InChI=1S/C14H24/c1-9(2)13-11-5-7-12(8-6-11)14(13)10(3)4/h9-12H,5-8H2,1-4H3. The minimum Gasteiger partial charge on any atom is -0.0648 e. The molecule has 0 aliphatic heterocycles. The topological polar surface area (TPSA) is 0 Å². The molecule has 2 bridgehead atoms. The van der Waals surface area contributed by atoms with Gasteiger partial charge in [0.15, 0.2) is 0 Å². The third-order valence-electron chi connectivity index (χ3n) is 4.18. The van der Waals surface area contributed by atoms with Gasteiger partial charge in [0.1, 0.15) is 0 Å². The predicted molar refractivity (Wildman–Crippen MR) is 62.2 cm³/mol. The molecule has 0 spiro atoms. The normalized spacial score (nSPS) is 32.1. The first-order valence-electron chi connectivity index (χ1n) is 6.35. The van der Waals surface area contributed by atoms with Crippen molar-refractivity contribution in [3.63, 3.8) is 0 Å². The summed E-state index contributed by atoms with van der Waals surface area (Å²) in [5.74, 6) is 3.50. The fourth-order valence-corrected chi connectivity index (χ4v) is 3.80. The van der Waals surface area contributed by atoms with E-state index in [2.05, 4.69) is 27.7 Å². The minimum atomic E-state index is 0.792. The summed E-state index contributed by atoms with van der Waals surface area (Å²) in [4.78, 5) is 0. The van der Waals surface area contributed by atoms with Crippen LogP contribution < -0.4 is 0 Å². The van der Waals surface area contributed by atoms with Crippen molar-refractivity contribution in [2.45, 2.75) is 53.4 Å². The van der Waals surface area contributed by atoms with Gasteiger partial charge in [0.05, 0.1) is 0 Å². The Morgan fingerprint density at radius 3 is 1.21 bits per heavy atom. The van der Waals surface area contributed by atoms with Crippen molar-refractivity contribution in [1.82, 2.24) is 0 Å². The van der Waals surface area contributed by atoms with E-state index in [0.717, 1.165) is 23.7 Å². The molecule has 1 fully saturated rings. The molecular formula is C14H24. The van der Waals surface area contributed by atoms with Crippen LogP contribution in [0.25, 0.3) is 0 Å². The third kappa shape index (κ3) is 1.53. The number of hydrogen-bond acceptors (Lipinski definition) is 0. The van der Waals surface area contributed by atoms with Gasteiger partial charge in [-0.15, -0.1) is 0 Å². The van der Waals surface area contributed by atoms with Gasteiger partial charge < -0.3 is 0 Å². The average Bonchev–Trinajstić information content (AvgIpc) is 2.17. The fourth-order valence-electron chi connectivity index (χ4n) is 3.80. The summed E-state index contributed by atoms with van der Waals surface area (Å²) >= 11 is 0. The Kier molecular flexibility index (Phi) is 2.72. The molecular weight excluding hydrogens is 168 g/mol. The Morgan fingerprint density at radius 2 is 1.00 bits per heavy atom. The zero-order valence-corrected chi connectivity index (χ0v) is 10.1. The first-order valence-corrected chi connectivity index (χ1v) is 6.35. The Labute approximate surface area is 88.8 Å². The van der Waals surface area contributed by atoms with Crippen LogP contribution in [0.3, 0.4) is 0 Å². The molecule has 0 N–H and O–H groups in total. The zero-order chi connectivity index (χ0) is 10.3. The molecule has 0 amide bonds. The Bertz CT molecular complexity index is 211. The van der Waals surface area contributed by atoms with Crippen molar-refractivity contribution < 1.29 is 0 Å². The summed E-state index contributed by atoms with van der Waals surface area (Å²) in [5, 5.41) is 0. The number of hydrogen-bond donors (Lipinski definition) is 0. The van der Waals surface area contributed by atoms with Crippen molar-refractivity contribution in [2.24, 2.45) is 23.7 Å². The molecule has 0 aromatic carbocycles. The summed E-state index contributed by atoms with van der Waals surface area (Å²) in [6.45, 7) is 9.55. The van der Waals surface area contributed by atoms with Gasteiger partial charge in [0.2, 0.25) is 0 Å². The van der Waals surface area contributed by atoms with Crippen molar-refractivity contribution in [1.29, 1.82) is 0 Å². The molecule has 0 saturated heterocycles. The SMILES string of the molecule is CC(C)C1=C(C(C)C)C2CCC1CC2. The molecule has 0 aromatic rings. The first-order chi connectivity index (χ1) is 6.61. The van der Waals surface area contributed by atoms with E-state index in [4.69, 9.17) is 0 Å². The Hall–Kier alpha value is -0.260. The van der Waals surface area contributed by atoms with E-state index in [1.165, 1.54) is 25.7 Å². The molecule has 0 heteroatoms. The minimum absolute atomic E-state index is 0.792. The highest BCUT2D eigenvalue weighted by molar-refractivity contribution is 5.28. The zero-order valence-electron chi connectivity index (χ0n) is 10.1. The van der Waals surface area contributed by atoms with Gasteiger partial charge in [-0.3, -0.25) is 0 Å². The lowest BCUT2D eigenvalue weighted by Gasteiger charge is -2.43. The molecule has 3 rings (SSSR count). The second kappa shape index (κ2) is 3.72. The third-order valence-corrected chi connectivity index (χ3v) is 4.18. The molecule has 0 atom stereocenters. The smallest absolute Gasteiger partial charge is 0.0197 e. The van der Waals surface area contributed by atoms with Crippen LogP contribution in [0.5, 0.6) is 0 Å². The highest BCUT2D eigenvalue weighted by Gasteiger charge is 2.36. The fraction of sp³-hybridized carbons (Fsp3) is 0.857. The molecule has 3 aliphatic carbocycles. The molecule has 0 heterocycles. The van der Waals surface area contributed by atoms with Crippen LogP contribution in [0, 0.1) is 23.7 Å². The monoisotopic (exact) mass is 192 g/mol. The van der Waals surface area contributed by atoms with E-state index in [-0.39, 0.29) is 0 Å². The van der Waals surface area contributed by atoms with E-state index in [9.17, 15) is 0 Å². The van der Waals surface area contributed by atoms with Crippen LogP contribution in [0.4, 0.5) is 0 Å². The lowest BCUT2D eigenvalue weighted by Crippen LogP contribution is -2.30. The van der Waals surface area contributed by atoms with Gasteiger partial charge in [-0.2, -0.15) is 0 Å². The van der Waals surface area contributed by atoms with Crippen LogP contribution in [0.1, 0.15) is 53.4 Å². The summed E-state index contributed by atoms with van der Waals surface area (Å²) in [7, 11) is 0. The van der Waals surface area contributed by atoms with E-state index in [1.807, 2.05) is 11.1 Å². The van der Waals surface area contributed by atoms with E-state index >= 15 is 0 Å². The Balaban J connectivity index is 2.39. The van der Waals surface area contributed by atoms with Gasteiger partial charge in [0.25, 0.3) is 0 Å². The molecule has 3 aliphatic rings. The quantitative estimate of drug-likeness (QED) is 0.568. The van der Waals surface area contributed by atoms with Gasteiger partial charge in [-0.25, -0.2) is 0 Å². The van der Waals surface area contributed by atoms with Crippen LogP contribution in [0.15, 0.2) is 11.1 Å². The van der Waals surface area contributed by atoms with Crippen molar-refractivity contribution >= 4 is 0 Å². The molecule has 14 heavy (non-hydrogen) atoms. The van der Waals surface area contributed by atoms with E-state index < -0.39 is 0 Å². The van der Waals surface area contributed by atoms with Crippen molar-refractivity contribution in [3.8, 4) is 0 Å². The van der Waals surface area contributed by atoms with Crippen molar-refractivity contribution in [2.75, 3.05) is 0 Å². The highest BCUT2D eigenvalue weighted by Crippen LogP contribution is 2.49. The van der Waals surface area contributed by atoms with Gasteiger partial charge >= 0.3 is 0 Å². The van der Waals surface area contributed by atoms with Gasteiger partial charge in [0, 0.05) is 0 Å². The summed E-state index contributed by atoms with van der Waals surface area (Å²) in [6, 6.07) is 0. The molecule has 0 unspecified atom stereocenters. The second-order valence-electron chi connectivity index (χ2n) is 5.77. The summed E-state index contributed by atoms with van der Waals surface area (Å²) in [5.41, 5.74) is 3.70. The predicted octanol–water partition coefficient (Wildman–Crippen LogP) is 4.42. The summed E-state index contributed by atoms with van der Waals surface area (Å²) in [6.07, 6.45) is 5.92. The van der Waals surface area contributed by atoms with Crippen LogP contribution in [-0.4, -0.2) is 0 Å². The average molecular weight is 192 g/mol. The highest BCUT2D eigenvalue weighted by atomic mass is 14.4. The lowest BCUT2D eigenvalue weighted by molar-refractivity contribution is 0.261. The summed E-state index contributed by atoms with van der Waals surface area (Å²) < 4.78 is 0. The van der Waals surface area contributed by atoms with Gasteiger partial charge in [-0.1, -0.05) is 38.8 Å². The second-order valence-corrected chi connectivity index (χ2v) is 5.77. The maximum atomic E-state index is 2.39. The molecule has 80 valence electrons. The van der Waals surface area contributed by atoms with Gasteiger partial charge in [-0.05, 0) is 49.4 Å². The van der Waals surface area contributed by atoms with Crippen LogP contribution in [0.2, 0.25) is 0 Å². The number of fused-ring (bicyclic) bond motifs is 2. The van der Waals surface area contributed by atoms with E-state index in [0.29, 0.717) is 0 Å². The molecule has 0 aromatic heterocycles. The van der Waals surface area contributed by atoms with Crippen LogP contribution >= 0.6 is 0 Å². The lowest BCUT2D eigenvalue weighted by atomic mass is 9.62. The van der Waals surface area contributed by atoms with Crippen LogP contribution in [-0.2, 0) is 0 Å². The first kappa shape index (κ1) is 10.3. The van der Waals surface area contributed by atoms with E-state index in [1.54, 1.807) is 0 Å². The molecule has 1 saturated carbocycles. The maximum absolute atomic E-state index is 2.39. The van der Waals surface area contributed by atoms with Crippen molar-refractivity contribution in [3.05, 3.63) is 11.1 Å². The maximum Gasteiger partial charge on any atom is -0.0197 e. The molecule has 0 radical (unpaired) electrons.